The predicted octanol–water partition coefficient (Wildman–Crippen LogP) is 1.42. The molecular weight excluding hydrogens is 180 g/mol. The van der Waals surface area contributed by atoms with Crippen molar-refractivity contribution in [3.8, 4) is 0 Å². The van der Waals surface area contributed by atoms with E-state index in [9.17, 15) is 0 Å². The molecule has 0 amide bonds. The third kappa shape index (κ3) is 0.810. The molecule has 0 spiro atoms. The summed E-state index contributed by atoms with van der Waals surface area (Å²) in [5, 5.41) is 0. The van der Waals surface area contributed by atoms with Crippen molar-refractivity contribution in [2.24, 2.45) is 7.05 Å². The van der Waals surface area contributed by atoms with Gasteiger partial charge in [0.05, 0.1) is 0 Å². The standard InChI is InChI=1S/C9H8N4O/c1-5-11-6-3-7-9(14-4-10-7)12-8(6)13(5)2/h3-4H,1-2H3. The lowest BCUT2D eigenvalue weighted by Gasteiger charge is -1.93. The highest BCUT2D eigenvalue weighted by atomic mass is 16.3. The first-order valence-electron chi connectivity index (χ1n) is 4.29. The molecule has 0 radical (unpaired) electrons. The molecule has 0 aliphatic heterocycles. The topological polar surface area (TPSA) is 56.7 Å². The van der Waals surface area contributed by atoms with Crippen LogP contribution in [0.2, 0.25) is 0 Å². The Kier molecular flexibility index (Phi) is 1.24. The molecule has 0 fully saturated rings. The molecule has 0 aliphatic rings. The van der Waals surface area contributed by atoms with Crippen molar-refractivity contribution >= 4 is 22.4 Å². The molecule has 3 aromatic heterocycles. The van der Waals surface area contributed by atoms with Crippen LogP contribution in [0, 0.1) is 6.92 Å². The van der Waals surface area contributed by atoms with E-state index in [0.717, 1.165) is 22.5 Å². The number of hydrogen-bond acceptors (Lipinski definition) is 4. The number of pyridine rings is 1. The van der Waals surface area contributed by atoms with E-state index in [4.69, 9.17) is 4.42 Å². The van der Waals surface area contributed by atoms with Gasteiger partial charge < -0.3 is 8.98 Å². The van der Waals surface area contributed by atoms with Crippen LogP contribution in [0.25, 0.3) is 22.4 Å². The van der Waals surface area contributed by atoms with Crippen LogP contribution in [0.5, 0.6) is 0 Å². The highest BCUT2D eigenvalue weighted by Gasteiger charge is 2.09. The van der Waals surface area contributed by atoms with Crippen LogP contribution in [-0.2, 0) is 7.05 Å². The van der Waals surface area contributed by atoms with Gasteiger partial charge in [-0.15, -0.1) is 0 Å². The number of imidazole rings is 1. The van der Waals surface area contributed by atoms with Crippen molar-refractivity contribution in [2.45, 2.75) is 6.92 Å². The molecule has 70 valence electrons. The van der Waals surface area contributed by atoms with Gasteiger partial charge >= 0.3 is 0 Å². The lowest BCUT2D eigenvalue weighted by Crippen LogP contribution is -1.92. The van der Waals surface area contributed by atoms with Crippen molar-refractivity contribution in [3.63, 3.8) is 0 Å². The second kappa shape index (κ2) is 2.31. The van der Waals surface area contributed by atoms with Crippen LogP contribution < -0.4 is 0 Å². The van der Waals surface area contributed by atoms with Crippen molar-refractivity contribution in [1.29, 1.82) is 0 Å². The van der Waals surface area contributed by atoms with Gasteiger partial charge in [-0.25, -0.2) is 9.97 Å². The molecular formula is C9H8N4O. The van der Waals surface area contributed by atoms with Crippen LogP contribution in [0.4, 0.5) is 0 Å². The molecule has 5 heteroatoms. The minimum atomic E-state index is 0.556. The Morgan fingerprint density at radius 3 is 3.00 bits per heavy atom. The number of aromatic nitrogens is 4. The SMILES string of the molecule is Cc1nc2cc3ncoc3nc2n1C. The number of hydrogen-bond donors (Lipinski definition) is 0. The Morgan fingerprint density at radius 1 is 1.29 bits per heavy atom. The smallest absolute Gasteiger partial charge is 0.248 e. The first kappa shape index (κ1) is 7.49. The molecule has 5 nitrogen and oxygen atoms in total. The van der Waals surface area contributed by atoms with Crippen LogP contribution in [0.3, 0.4) is 0 Å². The second-order valence-corrected chi connectivity index (χ2v) is 3.23. The van der Waals surface area contributed by atoms with Gasteiger partial charge in [-0.05, 0) is 13.0 Å². The van der Waals surface area contributed by atoms with Gasteiger partial charge in [0, 0.05) is 7.05 Å². The molecule has 0 aliphatic carbocycles. The third-order valence-corrected chi connectivity index (χ3v) is 2.37. The van der Waals surface area contributed by atoms with E-state index in [0.29, 0.717) is 5.71 Å². The predicted molar refractivity (Wildman–Crippen MR) is 50.8 cm³/mol. The lowest BCUT2D eigenvalue weighted by molar-refractivity contribution is 0.591. The summed E-state index contributed by atoms with van der Waals surface area (Å²) in [7, 11) is 1.93. The second-order valence-electron chi connectivity index (χ2n) is 3.23. The zero-order valence-electron chi connectivity index (χ0n) is 7.85. The molecule has 3 aromatic rings. The first-order chi connectivity index (χ1) is 6.75. The molecule has 3 rings (SSSR count). The van der Waals surface area contributed by atoms with Gasteiger partial charge in [-0.3, -0.25) is 0 Å². The molecule has 0 unspecified atom stereocenters. The fourth-order valence-electron chi connectivity index (χ4n) is 1.51. The zero-order chi connectivity index (χ0) is 9.71. The van der Waals surface area contributed by atoms with Gasteiger partial charge in [-0.1, -0.05) is 0 Å². The quantitative estimate of drug-likeness (QED) is 0.535. The minimum absolute atomic E-state index is 0.556. The van der Waals surface area contributed by atoms with E-state index in [2.05, 4.69) is 15.0 Å². The number of rotatable bonds is 0. The largest absolute Gasteiger partial charge is 0.425 e. The Labute approximate surface area is 79.4 Å². The summed E-state index contributed by atoms with van der Waals surface area (Å²) in [5.74, 6) is 0.931. The molecule has 0 aromatic carbocycles. The van der Waals surface area contributed by atoms with Crippen molar-refractivity contribution in [1.82, 2.24) is 19.5 Å². The third-order valence-electron chi connectivity index (χ3n) is 2.37. The maximum Gasteiger partial charge on any atom is 0.248 e. The van der Waals surface area contributed by atoms with E-state index in [1.54, 1.807) is 0 Å². The molecule has 0 saturated heterocycles. The Bertz CT molecular complexity index is 622. The normalized spacial score (nSPS) is 11.6. The summed E-state index contributed by atoms with van der Waals surface area (Å²) in [6.07, 6.45) is 1.39. The van der Waals surface area contributed by atoms with E-state index in [-0.39, 0.29) is 0 Å². The summed E-state index contributed by atoms with van der Waals surface area (Å²) < 4.78 is 7.05. The zero-order valence-corrected chi connectivity index (χ0v) is 7.85. The van der Waals surface area contributed by atoms with Gasteiger partial charge in [0.15, 0.2) is 12.0 Å². The maximum absolute atomic E-state index is 5.13. The monoisotopic (exact) mass is 188 g/mol. The Hall–Kier alpha value is -1.91. The number of nitrogens with zero attached hydrogens (tertiary/aromatic N) is 4. The number of oxazole rings is 1. The van der Waals surface area contributed by atoms with E-state index in [1.807, 2.05) is 24.6 Å². The van der Waals surface area contributed by atoms with E-state index in [1.165, 1.54) is 6.39 Å². The average Bonchev–Trinajstić information content (AvgIpc) is 2.70. The van der Waals surface area contributed by atoms with Crippen LogP contribution in [0.1, 0.15) is 5.82 Å². The average molecular weight is 188 g/mol. The van der Waals surface area contributed by atoms with Gasteiger partial charge in [-0.2, -0.15) is 4.98 Å². The summed E-state index contributed by atoms with van der Waals surface area (Å²) in [5.41, 5.74) is 2.98. The maximum atomic E-state index is 5.13. The van der Waals surface area contributed by atoms with Gasteiger partial charge in [0.2, 0.25) is 5.71 Å². The molecule has 0 atom stereocenters. The Balaban J connectivity index is 2.56. The van der Waals surface area contributed by atoms with Crippen LogP contribution >= 0.6 is 0 Å². The van der Waals surface area contributed by atoms with Crippen LogP contribution in [0.15, 0.2) is 16.9 Å². The summed E-state index contributed by atoms with van der Waals surface area (Å²) in [4.78, 5) is 12.7. The minimum Gasteiger partial charge on any atom is -0.425 e. The summed E-state index contributed by atoms with van der Waals surface area (Å²) >= 11 is 0. The molecule has 0 bridgehead atoms. The Morgan fingerprint density at radius 2 is 2.14 bits per heavy atom. The fraction of sp³-hybridized carbons (Fsp3) is 0.222. The number of aryl methyl sites for hydroxylation is 2. The van der Waals surface area contributed by atoms with Crippen molar-refractivity contribution < 1.29 is 4.42 Å². The highest BCUT2D eigenvalue weighted by molar-refractivity contribution is 5.84. The van der Waals surface area contributed by atoms with E-state index < -0.39 is 0 Å². The first-order valence-corrected chi connectivity index (χ1v) is 4.29. The fourth-order valence-corrected chi connectivity index (χ4v) is 1.51. The molecule has 14 heavy (non-hydrogen) atoms. The number of fused-ring (bicyclic) bond motifs is 2. The molecule has 0 N–H and O–H groups in total. The molecule has 3 heterocycles. The highest BCUT2D eigenvalue weighted by Crippen LogP contribution is 2.17. The van der Waals surface area contributed by atoms with Crippen LogP contribution in [-0.4, -0.2) is 19.5 Å². The van der Waals surface area contributed by atoms with Gasteiger partial charge in [0.25, 0.3) is 0 Å². The lowest BCUT2D eigenvalue weighted by atomic mass is 10.4. The van der Waals surface area contributed by atoms with Crippen molar-refractivity contribution in [2.75, 3.05) is 0 Å². The van der Waals surface area contributed by atoms with Crippen molar-refractivity contribution in [3.05, 3.63) is 18.3 Å². The summed E-state index contributed by atoms with van der Waals surface area (Å²) in [6, 6.07) is 1.88. The van der Waals surface area contributed by atoms with E-state index >= 15 is 0 Å². The summed E-state index contributed by atoms with van der Waals surface area (Å²) in [6.45, 7) is 1.94. The molecule has 0 saturated carbocycles. The van der Waals surface area contributed by atoms with Gasteiger partial charge in [0.1, 0.15) is 16.9 Å².